The van der Waals surface area contributed by atoms with Gasteiger partial charge in [0.15, 0.2) is 5.78 Å². The Morgan fingerprint density at radius 2 is 2.21 bits per heavy atom. The first-order chi connectivity index (χ1) is 8.90. The summed E-state index contributed by atoms with van der Waals surface area (Å²) in [7, 11) is 1.52. The van der Waals surface area contributed by atoms with Crippen LogP contribution in [0.15, 0.2) is 18.2 Å². The minimum Gasteiger partial charge on any atom is -0.496 e. The molecule has 0 saturated heterocycles. The van der Waals surface area contributed by atoms with Crippen LogP contribution in [0.4, 0.5) is 0 Å². The lowest BCUT2D eigenvalue weighted by atomic mass is 9.90. The van der Waals surface area contributed by atoms with Gasteiger partial charge in [-0.15, -0.1) is 0 Å². The minimum absolute atomic E-state index is 0.0119. The molecule has 0 spiro atoms. The molecule has 0 bridgehead atoms. The van der Waals surface area contributed by atoms with Gasteiger partial charge in [0.25, 0.3) is 0 Å². The summed E-state index contributed by atoms with van der Waals surface area (Å²) >= 11 is 5.95. The quantitative estimate of drug-likeness (QED) is 0.845. The number of methoxy groups -OCH3 is 1. The molecule has 100 valence electrons. The number of ether oxygens (including phenoxy) is 1. The SMILES string of the molecule is COc1ccc(Cl)cc1C(C#N)C(=O)C1CC1(C)C. The van der Waals surface area contributed by atoms with Gasteiger partial charge in [0, 0.05) is 16.5 Å². The molecule has 2 rings (SSSR count). The molecule has 0 heterocycles. The summed E-state index contributed by atoms with van der Waals surface area (Å²) < 4.78 is 5.22. The molecule has 2 atom stereocenters. The van der Waals surface area contributed by atoms with Gasteiger partial charge in [-0.1, -0.05) is 25.4 Å². The third-order valence-corrected chi connectivity index (χ3v) is 4.01. The number of rotatable bonds is 4. The monoisotopic (exact) mass is 277 g/mol. The molecule has 0 amide bonds. The number of carbonyl (C=O) groups excluding carboxylic acids is 1. The molecule has 4 heteroatoms. The topological polar surface area (TPSA) is 50.1 Å². The second kappa shape index (κ2) is 4.86. The molecule has 1 aliphatic rings. The predicted octanol–water partition coefficient (Wildman–Crippen LogP) is 3.57. The minimum atomic E-state index is -0.805. The maximum Gasteiger partial charge on any atom is 0.158 e. The molecule has 19 heavy (non-hydrogen) atoms. The van der Waals surface area contributed by atoms with Crippen LogP contribution in [0, 0.1) is 22.7 Å². The number of hydrogen-bond donors (Lipinski definition) is 0. The Bertz CT molecular complexity index is 560. The smallest absolute Gasteiger partial charge is 0.158 e. The number of ketones is 1. The number of benzene rings is 1. The highest BCUT2D eigenvalue weighted by molar-refractivity contribution is 6.30. The highest BCUT2D eigenvalue weighted by Crippen LogP contribution is 2.54. The second-order valence-electron chi connectivity index (χ2n) is 5.60. The average Bonchev–Trinajstić information content (AvgIpc) is 2.99. The lowest BCUT2D eigenvalue weighted by molar-refractivity contribution is -0.121. The molecular weight excluding hydrogens is 262 g/mol. The fourth-order valence-corrected chi connectivity index (χ4v) is 2.55. The second-order valence-corrected chi connectivity index (χ2v) is 6.03. The van der Waals surface area contributed by atoms with E-state index in [2.05, 4.69) is 6.07 Å². The third kappa shape index (κ3) is 2.59. The van der Waals surface area contributed by atoms with Crippen LogP contribution in [0.5, 0.6) is 5.75 Å². The largest absolute Gasteiger partial charge is 0.496 e. The zero-order chi connectivity index (χ0) is 14.2. The Labute approximate surface area is 118 Å². The van der Waals surface area contributed by atoms with Crippen LogP contribution in [0.3, 0.4) is 0 Å². The van der Waals surface area contributed by atoms with Crippen molar-refractivity contribution in [3.8, 4) is 11.8 Å². The highest BCUT2D eigenvalue weighted by Gasteiger charge is 2.52. The zero-order valence-corrected chi connectivity index (χ0v) is 12.0. The molecule has 0 N–H and O–H groups in total. The zero-order valence-electron chi connectivity index (χ0n) is 11.2. The summed E-state index contributed by atoms with van der Waals surface area (Å²) in [6.07, 6.45) is 0.840. The molecule has 1 saturated carbocycles. The first-order valence-corrected chi connectivity index (χ1v) is 6.55. The number of hydrogen-bond acceptors (Lipinski definition) is 3. The molecule has 1 aromatic rings. The van der Waals surface area contributed by atoms with E-state index in [1.807, 2.05) is 13.8 Å². The Hall–Kier alpha value is -1.53. The van der Waals surface area contributed by atoms with Crippen LogP contribution >= 0.6 is 11.6 Å². The number of Topliss-reactive ketones (excluding diaryl/α,β-unsaturated/α-hetero) is 1. The van der Waals surface area contributed by atoms with Gasteiger partial charge in [0.2, 0.25) is 0 Å². The van der Waals surface area contributed by atoms with Crippen molar-refractivity contribution in [1.82, 2.24) is 0 Å². The molecule has 0 aromatic heterocycles. The van der Waals surface area contributed by atoms with E-state index < -0.39 is 5.92 Å². The molecule has 1 aromatic carbocycles. The van der Waals surface area contributed by atoms with Gasteiger partial charge in [0.05, 0.1) is 13.2 Å². The number of carbonyl (C=O) groups is 1. The normalized spacial score (nSPS) is 21.3. The maximum atomic E-state index is 12.4. The van der Waals surface area contributed by atoms with E-state index in [0.29, 0.717) is 16.3 Å². The Balaban J connectivity index is 2.35. The van der Waals surface area contributed by atoms with Crippen molar-refractivity contribution in [2.45, 2.75) is 26.2 Å². The summed E-state index contributed by atoms with van der Waals surface area (Å²) in [5.74, 6) is -0.350. The van der Waals surface area contributed by atoms with E-state index in [1.165, 1.54) is 7.11 Å². The van der Waals surface area contributed by atoms with Crippen molar-refractivity contribution < 1.29 is 9.53 Å². The van der Waals surface area contributed by atoms with Gasteiger partial charge in [-0.25, -0.2) is 0 Å². The van der Waals surface area contributed by atoms with Gasteiger partial charge in [-0.2, -0.15) is 5.26 Å². The van der Waals surface area contributed by atoms with Crippen LogP contribution in [0.25, 0.3) is 0 Å². The van der Waals surface area contributed by atoms with Gasteiger partial charge < -0.3 is 4.74 Å². The molecule has 1 aliphatic carbocycles. The summed E-state index contributed by atoms with van der Waals surface area (Å²) in [6, 6.07) is 7.10. The third-order valence-electron chi connectivity index (χ3n) is 3.77. The molecular formula is C15H16ClNO2. The van der Waals surface area contributed by atoms with Crippen LogP contribution in [0.1, 0.15) is 31.7 Å². The number of nitriles is 1. The summed E-state index contributed by atoms with van der Waals surface area (Å²) in [5.41, 5.74) is 0.572. The van der Waals surface area contributed by atoms with Crippen LogP contribution in [0.2, 0.25) is 5.02 Å². The van der Waals surface area contributed by atoms with E-state index in [1.54, 1.807) is 18.2 Å². The Kier molecular flexibility index (Phi) is 3.56. The Morgan fingerprint density at radius 3 is 2.68 bits per heavy atom. The van der Waals surface area contributed by atoms with Crippen LogP contribution in [-0.4, -0.2) is 12.9 Å². The maximum absolute atomic E-state index is 12.4. The van der Waals surface area contributed by atoms with E-state index in [4.69, 9.17) is 16.3 Å². The first kappa shape index (κ1) is 13.9. The molecule has 3 nitrogen and oxygen atoms in total. The molecule has 2 unspecified atom stereocenters. The van der Waals surface area contributed by atoms with E-state index in [9.17, 15) is 10.1 Å². The summed E-state index contributed by atoms with van der Waals surface area (Å²) in [6.45, 7) is 4.08. The van der Waals surface area contributed by atoms with Crippen molar-refractivity contribution in [1.29, 1.82) is 5.26 Å². The van der Waals surface area contributed by atoms with Gasteiger partial charge in [0.1, 0.15) is 11.7 Å². The summed E-state index contributed by atoms with van der Waals surface area (Å²) in [4.78, 5) is 12.4. The van der Waals surface area contributed by atoms with Crippen molar-refractivity contribution in [3.05, 3.63) is 28.8 Å². The number of nitrogens with zero attached hydrogens (tertiary/aromatic N) is 1. The Morgan fingerprint density at radius 1 is 1.58 bits per heavy atom. The van der Waals surface area contributed by atoms with Crippen LogP contribution < -0.4 is 4.74 Å². The van der Waals surface area contributed by atoms with Crippen molar-refractivity contribution in [2.24, 2.45) is 11.3 Å². The fourth-order valence-electron chi connectivity index (χ4n) is 2.37. The molecule has 0 radical (unpaired) electrons. The lowest BCUT2D eigenvalue weighted by Gasteiger charge is -2.14. The molecule has 0 aliphatic heterocycles. The van der Waals surface area contributed by atoms with E-state index in [0.717, 1.165) is 6.42 Å². The van der Waals surface area contributed by atoms with Gasteiger partial charge >= 0.3 is 0 Å². The van der Waals surface area contributed by atoms with Gasteiger partial charge in [-0.05, 0) is 30.0 Å². The summed E-state index contributed by atoms with van der Waals surface area (Å²) in [5, 5.41) is 9.84. The highest BCUT2D eigenvalue weighted by atomic mass is 35.5. The predicted molar refractivity (Wildman–Crippen MR) is 73.3 cm³/mol. The van der Waals surface area contributed by atoms with Crippen molar-refractivity contribution in [2.75, 3.05) is 7.11 Å². The van der Waals surface area contributed by atoms with Crippen LogP contribution in [-0.2, 0) is 4.79 Å². The average molecular weight is 278 g/mol. The van der Waals surface area contributed by atoms with E-state index >= 15 is 0 Å². The molecule has 1 fully saturated rings. The van der Waals surface area contributed by atoms with Crippen molar-refractivity contribution in [3.63, 3.8) is 0 Å². The van der Waals surface area contributed by atoms with Crippen molar-refractivity contribution >= 4 is 17.4 Å². The van der Waals surface area contributed by atoms with Gasteiger partial charge in [-0.3, -0.25) is 4.79 Å². The fraction of sp³-hybridized carbons (Fsp3) is 0.467. The van der Waals surface area contributed by atoms with E-state index in [-0.39, 0.29) is 17.1 Å². The first-order valence-electron chi connectivity index (χ1n) is 6.17. The standard InChI is InChI=1S/C15H16ClNO2/c1-15(2)7-12(15)14(18)11(8-17)10-6-9(16)4-5-13(10)19-3/h4-6,11-12H,7H2,1-3H3. The lowest BCUT2D eigenvalue weighted by Crippen LogP contribution is -2.16. The number of halogens is 1.